The van der Waals surface area contributed by atoms with Crippen molar-refractivity contribution in [3.05, 3.63) is 28.8 Å². The molecule has 2 rings (SSSR count). The Kier molecular flexibility index (Phi) is 4.75. The summed E-state index contributed by atoms with van der Waals surface area (Å²) in [4.78, 5) is 2.51. The van der Waals surface area contributed by atoms with Gasteiger partial charge in [-0.3, -0.25) is 0 Å². The van der Waals surface area contributed by atoms with E-state index in [-0.39, 0.29) is 0 Å². The van der Waals surface area contributed by atoms with Crippen LogP contribution in [0.4, 0.5) is 5.69 Å². The highest BCUT2D eigenvalue weighted by molar-refractivity contribution is 6.31. The number of nitrogens with one attached hydrogen (secondary N) is 1. The smallest absolute Gasteiger partial charge is 0.0455 e. The summed E-state index contributed by atoms with van der Waals surface area (Å²) in [5.74, 6) is 0.703. The maximum Gasteiger partial charge on any atom is 0.0455 e. The van der Waals surface area contributed by atoms with Gasteiger partial charge in [0.2, 0.25) is 0 Å². The average Bonchev–Trinajstić information content (AvgIpc) is 2.42. The Bertz CT molecular complexity index is 433. The van der Waals surface area contributed by atoms with Crippen LogP contribution in [0.25, 0.3) is 0 Å². The Morgan fingerprint density at radius 2 is 2.21 bits per heavy atom. The zero-order chi connectivity index (χ0) is 14.0. The first-order valence-electron chi connectivity index (χ1n) is 7.29. The van der Waals surface area contributed by atoms with Gasteiger partial charge in [0.05, 0.1) is 0 Å². The maximum absolute atomic E-state index is 6.26. The lowest BCUT2D eigenvalue weighted by atomic mass is 9.95. The molecule has 19 heavy (non-hydrogen) atoms. The highest BCUT2D eigenvalue weighted by Crippen LogP contribution is 2.30. The summed E-state index contributed by atoms with van der Waals surface area (Å²) in [6, 6.07) is 7.30. The number of piperazine rings is 1. The van der Waals surface area contributed by atoms with Crippen molar-refractivity contribution in [2.24, 2.45) is 5.92 Å². The van der Waals surface area contributed by atoms with Crippen LogP contribution in [0.1, 0.15) is 32.8 Å². The summed E-state index contributed by atoms with van der Waals surface area (Å²) in [6.45, 7) is 11.1. The van der Waals surface area contributed by atoms with E-state index in [9.17, 15) is 0 Å². The molecule has 1 aromatic rings. The molecule has 1 fully saturated rings. The summed E-state index contributed by atoms with van der Waals surface area (Å²) < 4.78 is 0. The highest BCUT2D eigenvalue weighted by atomic mass is 35.5. The molecule has 1 saturated heterocycles. The van der Waals surface area contributed by atoms with Gasteiger partial charge in [-0.1, -0.05) is 37.9 Å². The number of anilines is 1. The monoisotopic (exact) mass is 280 g/mol. The molecule has 1 aliphatic rings. The maximum atomic E-state index is 6.26. The van der Waals surface area contributed by atoms with Crippen molar-refractivity contribution < 1.29 is 0 Å². The van der Waals surface area contributed by atoms with Crippen molar-refractivity contribution in [1.29, 1.82) is 0 Å². The van der Waals surface area contributed by atoms with Gasteiger partial charge < -0.3 is 10.2 Å². The second-order valence-corrected chi connectivity index (χ2v) is 6.19. The molecule has 0 amide bonds. The fourth-order valence-corrected chi connectivity index (χ4v) is 2.97. The van der Waals surface area contributed by atoms with Crippen molar-refractivity contribution >= 4 is 17.3 Å². The lowest BCUT2D eigenvalue weighted by Crippen LogP contribution is -2.57. The molecule has 1 heterocycles. The van der Waals surface area contributed by atoms with Crippen LogP contribution in [0.5, 0.6) is 0 Å². The summed E-state index contributed by atoms with van der Waals surface area (Å²) >= 11 is 6.26. The lowest BCUT2D eigenvalue weighted by Gasteiger charge is -2.43. The first-order chi connectivity index (χ1) is 9.04. The molecule has 1 aromatic carbocycles. The molecular weight excluding hydrogens is 256 g/mol. The van der Waals surface area contributed by atoms with E-state index in [2.05, 4.69) is 50.0 Å². The predicted octanol–water partition coefficient (Wildman–Crippen LogP) is 3.86. The highest BCUT2D eigenvalue weighted by Gasteiger charge is 2.28. The second-order valence-electron chi connectivity index (χ2n) is 5.79. The first-order valence-corrected chi connectivity index (χ1v) is 7.67. The summed E-state index contributed by atoms with van der Waals surface area (Å²) in [6.07, 6.45) is 1.22. The fourth-order valence-electron chi connectivity index (χ4n) is 2.80. The minimum atomic E-state index is 0.512. The Hall–Kier alpha value is -0.730. The largest absolute Gasteiger partial charge is 0.366 e. The van der Waals surface area contributed by atoms with Crippen molar-refractivity contribution in [2.45, 2.75) is 46.2 Å². The van der Waals surface area contributed by atoms with Gasteiger partial charge >= 0.3 is 0 Å². The minimum Gasteiger partial charge on any atom is -0.366 e. The molecule has 0 bridgehead atoms. The van der Waals surface area contributed by atoms with Crippen molar-refractivity contribution in [2.75, 3.05) is 18.0 Å². The number of hydrogen-bond donors (Lipinski definition) is 1. The zero-order valence-electron chi connectivity index (χ0n) is 12.4. The number of hydrogen-bond acceptors (Lipinski definition) is 2. The zero-order valence-corrected chi connectivity index (χ0v) is 13.2. The number of rotatable bonds is 3. The van der Waals surface area contributed by atoms with Gasteiger partial charge in [-0.2, -0.15) is 0 Å². The van der Waals surface area contributed by atoms with Gasteiger partial charge in [0.25, 0.3) is 0 Å². The Morgan fingerprint density at radius 1 is 1.47 bits per heavy atom. The van der Waals surface area contributed by atoms with Crippen LogP contribution >= 0.6 is 11.6 Å². The molecular formula is C16H25ClN2. The molecule has 0 aromatic heterocycles. The molecule has 0 aliphatic carbocycles. The van der Waals surface area contributed by atoms with Gasteiger partial charge in [-0.25, -0.2) is 0 Å². The molecule has 0 saturated carbocycles. The molecule has 0 spiro atoms. The third-order valence-electron chi connectivity index (χ3n) is 4.48. The summed E-state index contributed by atoms with van der Waals surface area (Å²) in [7, 11) is 0. The van der Waals surface area contributed by atoms with Gasteiger partial charge in [-0.15, -0.1) is 0 Å². The van der Waals surface area contributed by atoms with Crippen LogP contribution in [-0.4, -0.2) is 25.2 Å². The minimum absolute atomic E-state index is 0.512. The topological polar surface area (TPSA) is 15.3 Å². The summed E-state index contributed by atoms with van der Waals surface area (Å²) in [5.41, 5.74) is 2.48. The molecule has 3 atom stereocenters. The number of halogens is 1. The molecule has 3 unspecified atom stereocenters. The Labute approximate surface area is 122 Å². The van der Waals surface area contributed by atoms with Crippen LogP contribution in [0.15, 0.2) is 18.2 Å². The van der Waals surface area contributed by atoms with Crippen molar-refractivity contribution in [1.82, 2.24) is 5.32 Å². The van der Waals surface area contributed by atoms with E-state index in [0.717, 1.165) is 18.1 Å². The van der Waals surface area contributed by atoms with Crippen molar-refractivity contribution in [3.8, 4) is 0 Å². The van der Waals surface area contributed by atoms with Crippen LogP contribution < -0.4 is 10.2 Å². The summed E-state index contributed by atoms with van der Waals surface area (Å²) in [5, 5.41) is 4.54. The third-order valence-corrected chi connectivity index (χ3v) is 4.89. The van der Waals surface area contributed by atoms with E-state index in [1.807, 2.05) is 6.07 Å². The predicted molar refractivity (Wildman–Crippen MR) is 84.2 cm³/mol. The van der Waals surface area contributed by atoms with E-state index in [4.69, 9.17) is 11.6 Å². The third kappa shape index (κ3) is 3.06. The molecule has 1 N–H and O–H groups in total. The van der Waals surface area contributed by atoms with E-state index in [0.29, 0.717) is 18.0 Å². The molecule has 106 valence electrons. The lowest BCUT2D eigenvalue weighted by molar-refractivity contribution is 0.315. The Morgan fingerprint density at radius 3 is 2.89 bits per heavy atom. The number of benzene rings is 1. The fraction of sp³-hybridized carbons (Fsp3) is 0.625. The van der Waals surface area contributed by atoms with E-state index in [1.165, 1.54) is 17.7 Å². The van der Waals surface area contributed by atoms with Crippen LogP contribution in [0, 0.1) is 12.8 Å². The van der Waals surface area contributed by atoms with Gasteiger partial charge in [0.1, 0.15) is 0 Å². The molecule has 3 heteroatoms. The van der Waals surface area contributed by atoms with Crippen LogP contribution in [0.2, 0.25) is 5.02 Å². The standard InChI is InChI=1S/C16H25ClN2/c1-5-11(2)15-10-19(12(3)9-18-15)16-8-6-7-14(17)13(16)4/h6-8,11-12,15,18H,5,9-10H2,1-4H3. The van der Waals surface area contributed by atoms with Crippen LogP contribution in [-0.2, 0) is 0 Å². The van der Waals surface area contributed by atoms with E-state index < -0.39 is 0 Å². The van der Waals surface area contributed by atoms with E-state index in [1.54, 1.807) is 0 Å². The first kappa shape index (κ1) is 14.7. The Balaban J connectivity index is 2.24. The quantitative estimate of drug-likeness (QED) is 0.904. The second kappa shape index (κ2) is 6.15. The van der Waals surface area contributed by atoms with Crippen LogP contribution in [0.3, 0.4) is 0 Å². The molecule has 0 radical (unpaired) electrons. The molecule has 2 nitrogen and oxygen atoms in total. The normalized spacial score (nSPS) is 25.4. The van der Waals surface area contributed by atoms with Gasteiger partial charge in [0.15, 0.2) is 0 Å². The van der Waals surface area contributed by atoms with Crippen molar-refractivity contribution in [3.63, 3.8) is 0 Å². The van der Waals surface area contributed by atoms with E-state index >= 15 is 0 Å². The molecule has 1 aliphatic heterocycles. The number of nitrogens with zero attached hydrogens (tertiary/aromatic N) is 1. The average molecular weight is 281 g/mol. The SMILES string of the molecule is CCC(C)C1CN(c2cccc(Cl)c2C)C(C)CN1. The van der Waals surface area contributed by atoms with Gasteiger partial charge in [-0.05, 0) is 37.5 Å². The van der Waals surface area contributed by atoms with Gasteiger partial charge in [0, 0.05) is 35.9 Å².